The molecule has 0 aliphatic carbocycles. The first-order valence-electron chi connectivity index (χ1n) is 12.8. The van der Waals surface area contributed by atoms with Crippen LogP contribution in [0.3, 0.4) is 0 Å². The van der Waals surface area contributed by atoms with Gasteiger partial charge >= 0.3 is 18.0 Å². The normalized spacial score (nSPS) is 17.7. The lowest BCUT2D eigenvalue weighted by atomic mass is 9.91. The van der Waals surface area contributed by atoms with E-state index < -0.39 is 23.6 Å². The fourth-order valence-corrected chi connectivity index (χ4v) is 5.72. The number of esters is 2. The van der Waals surface area contributed by atoms with E-state index in [2.05, 4.69) is 9.88 Å². The van der Waals surface area contributed by atoms with Crippen molar-refractivity contribution < 1.29 is 23.9 Å². The van der Waals surface area contributed by atoms with Crippen molar-refractivity contribution in [3.63, 3.8) is 0 Å². The van der Waals surface area contributed by atoms with Gasteiger partial charge in [-0.1, -0.05) is 36.4 Å². The smallest absolute Gasteiger partial charge is 0.407 e. The molecule has 4 heterocycles. The molecular weight excluding hydrogens is 482 g/mol. The van der Waals surface area contributed by atoms with Crippen LogP contribution in [0.2, 0.25) is 0 Å². The summed E-state index contributed by atoms with van der Waals surface area (Å²) in [6.07, 6.45) is 2.59. The van der Waals surface area contributed by atoms with Crippen LogP contribution in [0.1, 0.15) is 44.0 Å². The third-order valence-corrected chi connectivity index (χ3v) is 7.20. The van der Waals surface area contributed by atoms with E-state index in [1.165, 1.54) is 0 Å². The Morgan fingerprint density at radius 1 is 0.974 bits per heavy atom. The molecule has 0 bridgehead atoms. The van der Waals surface area contributed by atoms with Gasteiger partial charge in [0.15, 0.2) is 0 Å². The maximum absolute atomic E-state index is 13.3. The minimum atomic E-state index is -0.653. The van der Waals surface area contributed by atoms with Crippen molar-refractivity contribution in [2.75, 3.05) is 0 Å². The standard InChI is InChI=1S/C30H29N3O5/c1-30(2,3)38-29(36)31-17-13-14-33-22-12-8-6-10-19(22)24(23(33)15-17)26-25(27(34)37-28(26)35)20-16-32(4)21-11-7-5-9-18(20)21/h5-12,16-17H,13-15H2,1-4H3,(H,31,36). The van der Waals surface area contributed by atoms with Crippen molar-refractivity contribution in [2.24, 2.45) is 7.05 Å². The van der Waals surface area contributed by atoms with Gasteiger partial charge in [0, 0.05) is 70.9 Å². The molecule has 2 aromatic heterocycles. The first kappa shape index (κ1) is 24.0. The van der Waals surface area contributed by atoms with E-state index in [1.807, 2.05) is 87.1 Å². The number of alkyl carbamates (subject to hydrolysis) is 1. The van der Waals surface area contributed by atoms with Crippen LogP contribution in [0.25, 0.3) is 33.0 Å². The van der Waals surface area contributed by atoms with Crippen molar-refractivity contribution in [3.8, 4) is 0 Å². The molecule has 4 aromatic rings. The fourth-order valence-electron chi connectivity index (χ4n) is 5.72. The lowest BCUT2D eigenvalue weighted by molar-refractivity contribution is -0.149. The summed E-state index contributed by atoms with van der Waals surface area (Å²) >= 11 is 0. The molecule has 2 aliphatic rings. The van der Waals surface area contributed by atoms with Crippen LogP contribution in [0.5, 0.6) is 0 Å². The second-order valence-corrected chi connectivity index (χ2v) is 10.9. The molecule has 0 saturated heterocycles. The first-order valence-corrected chi connectivity index (χ1v) is 12.8. The highest BCUT2D eigenvalue weighted by atomic mass is 16.6. The first-order chi connectivity index (χ1) is 18.1. The Balaban J connectivity index is 1.53. The number of carbonyl (C=O) groups excluding carboxylic acids is 3. The summed E-state index contributed by atoms with van der Waals surface area (Å²) in [5, 5.41) is 4.74. The molecule has 194 valence electrons. The average Bonchev–Trinajstić information content (AvgIpc) is 3.45. The highest BCUT2D eigenvalue weighted by molar-refractivity contribution is 6.47. The number of hydrogen-bond donors (Lipinski definition) is 1. The number of cyclic esters (lactones) is 2. The molecule has 0 saturated carbocycles. The largest absolute Gasteiger partial charge is 0.444 e. The zero-order valence-electron chi connectivity index (χ0n) is 21.8. The van der Waals surface area contributed by atoms with Gasteiger partial charge in [-0.25, -0.2) is 14.4 Å². The van der Waals surface area contributed by atoms with Crippen LogP contribution in [0, 0.1) is 0 Å². The number of para-hydroxylation sites is 2. The number of amides is 1. The minimum Gasteiger partial charge on any atom is -0.444 e. The van der Waals surface area contributed by atoms with Gasteiger partial charge in [0.1, 0.15) is 5.60 Å². The van der Waals surface area contributed by atoms with E-state index in [-0.39, 0.29) is 17.2 Å². The topological polar surface area (TPSA) is 91.6 Å². The number of rotatable bonds is 3. The zero-order valence-corrected chi connectivity index (χ0v) is 21.8. The van der Waals surface area contributed by atoms with Crippen molar-refractivity contribution in [1.82, 2.24) is 14.5 Å². The number of ether oxygens (including phenoxy) is 2. The van der Waals surface area contributed by atoms with Gasteiger partial charge in [0.2, 0.25) is 0 Å². The second-order valence-electron chi connectivity index (χ2n) is 10.9. The molecule has 2 aliphatic heterocycles. The molecule has 38 heavy (non-hydrogen) atoms. The number of nitrogens with zero attached hydrogens (tertiary/aromatic N) is 2. The third-order valence-electron chi connectivity index (χ3n) is 7.20. The van der Waals surface area contributed by atoms with Crippen molar-refractivity contribution in [1.29, 1.82) is 0 Å². The highest BCUT2D eigenvalue weighted by Gasteiger charge is 2.40. The average molecular weight is 512 g/mol. The summed E-state index contributed by atoms with van der Waals surface area (Å²) in [5.74, 6) is -1.30. The Labute approximate surface area is 219 Å². The molecule has 8 heteroatoms. The van der Waals surface area contributed by atoms with E-state index in [0.717, 1.165) is 27.5 Å². The van der Waals surface area contributed by atoms with E-state index in [9.17, 15) is 14.4 Å². The van der Waals surface area contributed by atoms with Crippen LogP contribution in [-0.2, 0) is 39.1 Å². The van der Waals surface area contributed by atoms with E-state index in [1.54, 1.807) is 0 Å². The van der Waals surface area contributed by atoms with Gasteiger partial charge in [0.05, 0.1) is 11.1 Å². The number of aromatic nitrogens is 2. The molecule has 6 rings (SSSR count). The van der Waals surface area contributed by atoms with Gasteiger partial charge in [-0.2, -0.15) is 0 Å². The van der Waals surface area contributed by atoms with E-state index in [4.69, 9.17) is 9.47 Å². The monoisotopic (exact) mass is 511 g/mol. The number of benzene rings is 2. The van der Waals surface area contributed by atoms with Gasteiger partial charge in [0.25, 0.3) is 0 Å². The minimum absolute atomic E-state index is 0.185. The summed E-state index contributed by atoms with van der Waals surface area (Å²) < 4.78 is 14.9. The van der Waals surface area contributed by atoms with Gasteiger partial charge in [-0.15, -0.1) is 0 Å². The van der Waals surface area contributed by atoms with Gasteiger partial charge in [-0.05, 0) is 39.3 Å². The van der Waals surface area contributed by atoms with Crippen molar-refractivity contribution >= 4 is 51.0 Å². The highest BCUT2D eigenvalue weighted by Crippen LogP contribution is 2.43. The lowest BCUT2D eigenvalue weighted by Crippen LogP contribution is -2.42. The number of hydrogen-bond acceptors (Lipinski definition) is 5. The molecule has 0 fully saturated rings. The molecule has 1 atom stereocenters. The quantitative estimate of drug-likeness (QED) is 0.310. The summed E-state index contributed by atoms with van der Waals surface area (Å²) in [7, 11) is 1.91. The van der Waals surface area contributed by atoms with E-state index in [0.29, 0.717) is 30.5 Å². The maximum Gasteiger partial charge on any atom is 0.407 e. The molecule has 0 radical (unpaired) electrons. The summed E-state index contributed by atoms with van der Waals surface area (Å²) in [6, 6.07) is 15.5. The Morgan fingerprint density at radius 2 is 1.63 bits per heavy atom. The van der Waals surface area contributed by atoms with Crippen LogP contribution in [0.4, 0.5) is 4.79 Å². The maximum atomic E-state index is 13.3. The van der Waals surface area contributed by atoms with Crippen LogP contribution in [-0.4, -0.2) is 38.8 Å². The van der Waals surface area contributed by atoms with Gasteiger partial charge in [-0.3, -0.25) is 0 Å². The number of carbonyl (C=O) groups is 3. The fraction of sp³-hybridized carbons (Fsp3) is 0.300. The number of nitrogens with one attached hydrogen (secondary N) is 1. The number of aryl methyl sites for hydroxylation is 2. The Bertz CT molecular complexity index is 1680. The van der Waals surface area contributed by atoms with Gasteiger partial charge < -0.3 is 23.9 Å². The SMILES string of the molecule is Cn1cc(C2=C(c3c4n(c5ccccc35)CCC(NC(=O)OC(C)(C)C)C4)C(=O)OC2=O)c2ccccc21. The molecule has 0 spiro atoms. The van der Waals surface area contributed by atoms with E-state index >= 15 is 0 Å². The predicted octanol–water partition coefficient (Wildman–Crippen LogP) is 4.97. The van der Waals surface area contributed by atoms with Crippen LogP contribution < -0.4 is 5.32 Å². The van der Waals surface area contributed by atoms with Crippen LogP contribution in [0.15, 0.2) is 54.7 Å². The Hall–Kier alpha value is -4.33. The molecule has 1 amide bonds. The zero-order chi connectivity index (χ0) is 26.8. The molecular formula is C30H29N3O5. The summed E-state index contributed by atoms with van der Waals surface area (Å²) in [5.41, 5.74) is 4.11. The van der Waals surface area contributed by atoms with Crippen molar-refractivity contribution in [3.05, 3.63) is 71.5 Å². The summed E-state index contributed by atoms with van der Waals surface area (Å²) in [6.45, 7) is 6.13. The third kappa shape index (κ3) is 3.88. The molecule has 1 unspecified atom stereocenters. The summed E-state index contributed by atoms with van der Waals surface area (Å²) in [4.78, 5) is 39.1. The second kappa shape index (κ2) is 8.62. The molecule has 2 aromatic carbocycles. The number of fused-ring (bicyclic) bond motifs is 4. The molecule has 1 N–H and O–H groups in total. The molecule has 8 nitrogen and oxygen atoms in total. The Morgan fingerprint density at radius 3 is 2.37 bits per heavy atom. The predicted molar refractivity (Wildman–Crippen MR) is 144 cm³/mol. The Kier molecular flexibility index (Phi) is 5.45. The van der Waals surface area contributed by atoms with Crippen LogP contribution >= 0.6 is 0 Å². The van der Waals surface area contributed by atoms with Crippen molar-refractivity contribution in [2.45, 2.75) is 51.8 Å². The lowest BCUT2D eigenvalue weighted by Gasteiger charge is -2.28.